The predicted molar refractivity (Wildman–Crippen MR) is 95.4 cm³/mol. The molecule has 0 spiro atoms. The van der Waals surface area contributed by atoms with Gasteiger partial charge in [0, 0.05) is 23.7 Å². The van der Waals surface area contributed by atoms with Gasteiger partial charge in [-0.3, -0.25) is 4.79 Å². The molecule has 136 valence electrons. The van der Waals surface area contributed by atoms with E-state index in [1.165, 1.54) is 18.2 Å². The third-order valence-corrected chi connectivity index (χ3v) is 3.99. The van der Waals surface area contributed by atoms with Gasteiger partial charge in [0.05, 0.1) is 13.7 Å². The zero-order chi connectivity index (χ0) is 18.4. The van der Waals surface area contributed by atoms with Crippen molar-refractivity contribution in [3.05, 3.63) is 65.0 Å². The summed E-state index contributed by atoms with van der Waals surface area (Å²) in [6, 6.07) is 10.4. The minimum Gasteiger partial charge on any atom is -0.497 e. The van der Waals surface area contributed by atoms with Crippen LogP contribution in [-0.2, 0) is 22.6 Å². The fourth-order valence-corrected chi connectivity index (χ4v) is 2.68. The maximum Gasteiger partial charge on any atom is 0.244 e. The first-order valence-corrected chi connectivity index (χ1v) is 8.27. The van der Waals surface area contributed by atoms with Gasteiger partial charge in [0.15, 0.2) is 6.79 Å². The molecule has 26 heavy (non-hydrogen) atoms. The lowest BCUT2D eigenvalue weighted by Crippen LogP contribution is -2.23. The number of amides is 1. The fraction of sp³-hybridized carbons (Fsp3) is 0.250. The monoisotopic (exact) mass is 357 g/mol. The molecule has 0 aliphatic carbocycles. The Labute approximate surface area is 151 Å². The fourth-order valence-electron chi connectivity index (χ4n) is 2.68. The maximum absolute atomic E-state index is 13.7. The molecule has 6 heteroatoms. The summed E-state index contributed by atoms with van der Waals surface area (Å²) in [5, 5.41) is 2.81. The van der Waals surface area contributed by atoms with E-state index in [2.05, 4.69) is 5.32 Å². The molecule has 1 amide bonds. The SMILES string of the molecule is COc1ccc(CCNC(=O)C=Cc2cc(F)cc3c2OCOC3)cc1. The van der Waals surface area contributed by atoms with Crippen LogP contribution in [0.15, 0.2) is 42.5 Å². The van der Waals surface area contributed by atoms with Crippen LogP contribution in [0.1, 0.15) is 16.7 Å². The molecule has 0 unspecified atom stereocenters. The van der Waals surface area contributed by atoms with Gasteiger partial charge in [-0.05, 0) is 42.3 Å². The predicted octanol–water partition coefficient (Wildman–Crippen LogP) is 3.07. The van der Waals surface area contributed by atoms with Crippen LogP contribution >= 0.6 is 0 Å². The zero-order valence-electron chi connectivity index (χ0n) is 14.5. The van der Waals surface area contributed by atoms with Gasteiger partial charge in [-0.2, -0.15) is 0 Å². The molecule has 0 fully saturated rings. The van der Waals surface area contributed by atoms with Crippen molar-refractivity contribution < 1.29 is 23.4 Å². The summed E-state index contributed by atoms with van der Waals surface area (Å²) < 4.78 is 29.3. The molecule has 1 N–H and O–H groups in total. The molecule has 5 nitrogen and oxygen atoms in total. The van der Waals surface area contributed by atoms with E-state index in [1.54, 1.807) is 13.2 Å². The average Bonchev–Trinajstić information content (AvgIpc) is 2.66. The Bertz CT molecular complexity index is 802. The van der Waals surface area contributed by atoms with E-state index in [1.807, 2.05) is 24.3 Å². The quantitative estimate of drug-likeness (QED) is 0.808. The number of carbonyl (C=O) groups is 1. The van der Waals surface area contributed by atoms with Crippen LogP contribution in [0.25, 0.3) is 6.08 Å². The molecule has 1 aliphatic heterocycles. The number of halogens is 1. The smallest absolute Gasteiger partial charge is 0.244 e. The van der Waals surface area contributed by atoms with Gasteiger partial charge in [-0.15, -0.1) is 0 Å². The number of hydrogen-bond acceptors (Lipinski definition) is 4. The van der Waals surface area contributed by atoms with Crippen LogP contribution in [0.2, 0.25) is 0 Å². The average molecular weight is 357 g/mol. The second-order valence-electron chi connectivity index (χ2n) is 5.82. The molecular formula is C20H20FNO4. The van der Waals surface area contributed by atoms with E-state index < -0.39 is 5.82 Å². The van der Waals surface area contributed by atoms with Crippen molar-refractivity contribution in [2.75, 3.05) is 20.4 Å². The summed E-state index contributed by atoms with van der Waals surface area (Å²) in [4.78, 5) is 12.0. The number of methoxy groups -OCH3 is 1. The molecule has 0 bridgehead atoms. The van der Waals surface area contributed by atoms with Gasteiger partial charge in [-0.25, -0.2) is 4.39 Å². The number of ether oxygens (including phenoxy) is 3. The van der Waals surface area contributed by atoms with E-state index in [9.17, 15) is 9.18 Å². The third kappa shape index (κ3) is 4.61. The highest BCUT2D eigenvalue weighted by atomic mass is 19.1. The van der Waals surface area contributed by atoms with Crippen LogP contribution < -0.4 is 14.8 Å². The van der Waals surface area contributed by atoms with Crippen molar-refractivity contribution in [1.29, 1.82) is 0 Å². The number of hydrogen-bond donors (Lipinski definition) is 1. The van der Waals surface area contributed by atoms with E-state index in [4.69, 9.17) is 14.2 Å². The molecule has 3 rings (SSSR count). The minimum atomic E-state index is -0.391. The molecular weight excluding hydrogens is 337 g/mol. The molecule has 2 aromatic rings. The van der Waals surface area contributed by atoms with Crippen LogP contribution in [0.5, 0.6) is 11.5 Å². The van der Waals surface area contributed by atoms with Crippen molar-refractivity contribution in [2.24, 2.45) is 0 Å². The Balaban J connectivity index is 1.55. The largest absolute Gasteiger partial charge is 0.497 e. The lowest BCUT2D eigenvalue weighted by Gasteiger charge is -2.19. The first kappa shape index (κ1) is 17.9. The molecule has 2 aromatic carbocycles. The second-order valence-corrected chi connectivity index (χ2v) is 5.82. The summed E-state index contributed by atoms with van der Waals surface area (Å²) in [6.07, 6.45) is 3.64. The number of carbonyl (C=O) groups excluding carboxylic acids is 1. The summed E-state index contributed by atoms with van der Waals surface area (Å²) in [7, 11) is 1.62. The number of benzene rings is 2. The Morgan fingerprint density at radius 3 is 2.88 bits per heavy atom. The highest BCUT2D eigenvalue weighted by Gasteiger charge is 2.15. The van der Waals surface area contributed by atoms with E-state index in [0.29, 0.717) is 36.4 Å². The third-order valence-electron chi connectivity index (χ3n) is 3.99. The minimum absolute atomic E-state index is 0.119. The van der Waals surface area contributed by atoms with Crippen LogP contribution in [0.4, 0.5) is 4.39 Å². The molecule has 0 aromatic heterocycles. The Kier molecular flexibility index (Phi) is 5.86. The molecule has 0 saturated heterocycles. The lowest BCUT2D eigenvalue weighted by atomic mass is 10.1. The molecule has 0 radical (unpaired) electrons. The molecule has 0 saturated carbocycles. The van der Waals surface area contributed by atoms with Crippen molar-refractivity contribution in [2.45, 2.75) is 13.0 Å². The maximum atomic E-state index is 13.7. The number of nitrogens with one attached hydrogen (secondary N) is 1. The van der Waals surface area contributed by atoms with Crippen LogP contribution in [-0.4, -0.2) is 26.4 Å². The van der Waals surface area contributed by atoms with E-state index >= 15 is 0 Å². The van der Waals surface area contributed by atoms with Gasteiger partial charge < -0.3 is 19.5 Å². The Morgan fingerprint density at radius 2 is 2.12 bits per heavy atom. The summed E-state index contributed by atoms with van der Waals surface area (Å²) >= 11 is 0. The summed E-state index contributed by atoms with van der Waals surface area (Å²) in [5.41, 5.74) is 2.26. The number of rotatable bonds is 6. The molecule has 0 atom stereocenters. The lowest BCUT2D eigenvalue weighted by molar-refractivity contribution is -0.116. The van der Waals surface area contributed by atoms with Crippen LogP contribution in [0, 0.1) is 5.82 Å². The van der Waals surface area contributed by atoms with Crippen molar-refractivity contribution in [3.63, 3.8) is 0 Å². The van der Waals surface area contributed by atoms with Crippen LogP contribution in [0.3, 0.4) is 0 Å². The molecule has 1 aliphatic rings. The van der Waals surface area contributed by atoms with Gasteiger partial charge in [-0.1, -0.05) is 12.1 Å². The van der Waals surface area contributed by atoms with Gasteiger partial charge >= 0.3 is 0 Å². The zero-order valence-corrected chi connectivity index (χ0v) is 14.5. The first-order valence-electron chi connectivity index (χ1n) is 8.27. The summed E-state index contributed by atoms with van der Waals surface area (Å²) in [5.74, 6) is 0.715. The Morgan fingerprint density at radius 1 is 1.31 bits per heavy atom. The number of fused-ring (bicyclic) bond motifs is 1. The molecule has 1 heterocycles. The Hall–Kier alpha value is -2.86. The summed E-state index contributed by atoms with van der Waals surface area (Å²) in [6.45, 7) is 0.913. The van der Waals surface area contributed by atoms with Crippen molar-refractivity contribution in [1.82, 2.24) is 5.32 Å². The highest BCUT2D eigenvalue weighted by Crippen LogP contribution is 2.30. The van der Waals surface area contributed by atoms with Crippen molar-refractivity contribution >= 4 is 12.0 Å². The van der Waals surface area contributed by atoms with Gasteiger partial charge in [0.2, 0.25) is 5.91 Å². The van der Waals surface area contributed by atoms with E-state index in [0.717, 1.165) is 11.3 Å². The van der Waals surface area contributed by atoms with E-state index in [-0.39, 0.29) is 12.7 Å². The topological polar surface area (TPSA) is 56.8 Å². The normalized spacial score (nSPS) is 13.2. The first-order chi connectivity index (χ1) is 12.7. The second kappa shape index (κ2) is 8.49. The standard InChI is InChI=1S/C20H20FNO4/c1-24-18-5-2-14(3-6-18)8-9-22-19(23)7-4-15-10-17(21)11-16-12-25-13-26-20(15)16/h2-7,10-11H,8-9,12-13H2,1H3,(H,22,23). The van der Waals surface area contributed by atoms with Crippen molar-refractivity contribution in [3.8, 4) is 11.5 Å². The van der Waals surface area contributed by atoms with Gasteiger partial charge in [0.1, 0.15) is 17.3 Å². The highest BCUT2D eigenvalue weighted by molar-refractivity contribution is 5.92. The van der Waals surface area contributed by atoms with Gasteiger partial charge in [0.25, 0.3) is 0 Å².